The molecule has 18 heavy (non-hydrogen) atoms. The van der Waals surface area contributed by atoms with E-state index in [4.69, 9.17) is 0 Å². The van der Waals surface area contributed by atoms with E-state index in [1.54, 1.807) is 13.8 Å². The average molecular weight is 272 g/mol. The molecule has 2 aliphatic heterocycles. The van der Waals surface area contributed by atoms with Gasteiger partial charge in [0.05, 0.1) is 11.8 Å². The van der Waals surface area contributed by atoms with Crippen molar-refractivity contribution in [3.05, 3.63) is 11.5 Å². The molecule has 0 aromatic rings. The van der Waals surface area contributed by atoms with Gasteiger partial charge in [-0.15, -0.1) is 0 Å². The topological polar surface area (TPSA) is 83.6 Å². The third-order valence-corrected chi connectivity index (χ3v) is 4.52. The van der Waals surface area contributed by atoms with Gasteiger partial charge in [0.1, 0.15) is 5.54 Å². The lowest BCUT2D eigenvalue weighted by atomic mass is 10.0. The van der Waals surface area contributed by atoms with E-state index in [9.17, 15) is 18.0 Å². The predicted molar refractivity (Wildman–Crippen MR) is 65.3 cm³/mol. The Morgan fingerprint density at radius 3 is 2.61 bits per heavy atom. The van der Waals surface area contributed by atoms with Gasteiger partial charge in [-0.25, -0.2) is 8.42 Å². The lowest BCUT2D eigenvalue weighted by Crippen LogP contribution is -2.55. The highest BCUT2D eigenvalue weighted by atomic mass is 32.2. The second kappa shape index (κ2) is 4.08. The Morgan fingerprint density at radius 2 is 2.06 bits per heavy atom. The predicted octanol–water partition coefficient (Wildman–Crippen LogP) is -0.576. The third kappa shape index (κ3) is 2.40. The third-order valence-electron chi connectivity index (χ3n) is 3.14. The molecule has 0 saturated carbocycles. The number of amides is 2. The van der Waals surface area contributed by atoms with Crippen molar-refractivity contribution >= 4 is 21.7 Å². The Kier molecular flexibility index (Phi) is 2.96. The average Bonchev–Trinajstić information content (AvgIpc) is 2.53. The molecule has 0 bridgehead atoms. The molecule has 1 saturated heterocycles. The Bertz CT molecular complexity index is 521. The maximum absolute atomic E-state index is 12.3. The number of nitrogens with zero attached hydrogens (tertiary/aromatic N) is 1. The zero-order chi connectivity index (χ0) is 13.6. The number of nitrogens with one attached hydrogen (secondary N) is 1. The summed E-state index contributed by atoms with van der Waals surface area (Å²) in [6, 6.07) is -0.463. The monoisotopic (exact) mass is 272 g/mol. The van der Waals surface area contributed by atoms with Crippen LogP contribution in [0.3, 0.4) is 0 Å². The van der Waals surface area contributed by atoms with Crippen LogP contribution in [0.5, 0.6) is 0 Å². The maximum atomic E-state index is 12.3. The highest BCUT2D eigenvalue weighted by molar-refractivity contribution is 7.94. The molecule has 2 aliphatic rings. The van der Waals surface area contributed by atoms with Gasteiger partial charge in [0, 0.05) is 18.4 Å². The Labute approximate surface area is 106 Å². The van der Waals surface area contributed by atoms with Crippen LogP contribution in [-0.2, 0) is 19.4 Å². The van der Waals surface area contributed by atoms with Crippen molar-refractivity contribution in [3.8, 4) is 0 Å². The first-order valence-electron chi connectivity index (χ1n) is 5.74. The lowest BCUT2D eigenvalue weighted by molar-refractivity contribution is -0.138. The molecular formula is C11H16N2O4S. The Morgan fingerprint density at radius 1 is 1.39 bits per heavy atom. The fraction of sp³-hybridized carbons (Fsp3) is 0.636. The second-order valence-electron chi connectivity index (χ2n) is 5.15. The van der Waals surface area contributed by atoms with Crippen LogP contribution >= 0.6 is 0 Å². The summed E-state index contributed by atoms with van der Waals surface area (Å²) in [5.74, 6) is -0.538. The van der Waals surface area contributed by atoms with E-state index in [2.05, 4.69) is 5.32 Å². The van der Waals surface area contributed by atoms with Gasteiger partial charge in [0.2, 0.25) is 11.8 Å². The molecule has 1 unspecified atom stereocenters. The Hall–Kier alpha value is -1.37. The van der Waals surface area contributed by atoms with Gasteiger partial charge in [-0.1, -0.05) is 0 Å². The molecule has 7 heteroatoms. The molecule has 0 aromatic carbocycles. The summed E-state index contributed by atoms with van der Waals surface area (Å²) in [5, 5.41) is 3.78. The van der Waals surface area contributed by atoms with E-state index in [0.717, 1.165) is 5.41 Å². The first-order valence-corrected chi connectivity index (χ1v) is 7.46. The minimum Gasteiger partial charge on any atom is -0.342 e. The number of carbonyl (C=O) groups is 2. The number of hydrogen-bond donors (Lipinski definition) is 1. The Balaban J connectivity index is 2.25. The summed E-state index contributed by atoms with van der Waals surface area (Å²) < 4.78 is 22.8. The van der Waals surface area contributed by atoms with Crippen LogP contribution in [0.15, 0.2) is 11.5 Å². The van der Waals surface area contributed by atoms with E-state index >= 15 is 0 Å². The number of sulfone groups is 1. The van der Waals surface area contributed by atoms with Crippen molar-refractivity contribution in [2.24, 2.45) is 0 Å². The van der Waals surface area contributed by atoms with Gasteiger partial charge in [-0.05, 0) is 19.9 Å². The van der Waals surface area contributed by atoms with Crippen LogP contribution in [-0.4, -0.2) is 49.0 Å². The summed E-state index contributed by atoms with van der Waals surface area (Å²) in [7, 11) is -3.21. The summed E-state index contributed by atoms with van der Waals surface area (Å²) in [4.78, 5) is 25.3. The van der Waals surface area contributed by atoms with E-state index < -0.39 is 21.4 Å². The first-order chi connectivity index (χ1) is 8.21. The van der Waals surface area contributed by atoms with Crippen molar-refractivity contribution in [2.75, 3.05) is 12.3 Å². The molecule has 2 amide bonds. The van der Waals surface area contributed by atoms with E-state index in [1.807, 2.05) is 0 Å². The van der Waals surface area contributed by atoms with Crippen molar-refractivity contribution in [1.29, 1.82) is 0 Å². The molecule has 100 valence electrons. The molecule has 2 rings (SSSR count). The molecule has 0 spiro atoms. The van der Waals surface area contributed by atoms with E-state index in [1.165, 1.54) is 11.0 Å². The largest absolute Gasteiger partial charge is 0.342 e. The van der Waals surface area contributed by atoms with Crippen molar-refractivity contribution in [2.45, 2.75) is 31.8 Å². The minimum atomic E-state index is -3.21. The molecule has 6 nitrogen and oxygen atoms in total. The van der Waals surface area contributed by atoms with Gasteiger partial charge in [0.15, 0.2) is 9.84 Å². The zero-order valence-electron chi connectivity index (χ0n) is 10.3. The van der Waals surface area contributed by atoms with Crippen LogP contribution in [0.25, 0.3) is 0 Å². The first kappa shape index (κ1) is 13.1. The van der Waals surface area contributed by atoms with Crippen LogP contribution < -0.4 is 5.32 Å². The molecule has 1 N–H and O–H groups in total. The minimum absolute atomic E-state index is 0.0942. The van der Waals surface area contributed by atoms with Crippen LogP contribution in [0.2, 0.25) is 0 Å². The lowest BCUT2D eigenvalue weighted by Gasteiger charge is -2.31. The second-order valence-corrected chi connectivity index (χ2v) is 7.08. The van der Waals surface area contributed by atoms with Gasteiger partial charge in [-0.2, -0.15) is 0 Å². The summed E-state index contributed by atoms with van der Waals surface area (Å²) in [5.41, 5.74) is -0.992. The van der Waals surface area contributed by atoms with Gasteiger partial charge < -0.3 is 10.2 Å². The van der Waals surface area contributed by atoms with E-state index in [-0.39, 0.29) is 30.5 Å². The molecule has 1 fully saturated rings. The van der Waals surface area contributed by atoms with Crippen LogP contribution in [0, 0.1) is 0 Å². The van der Waals surface area contributed by atoms with Crippen LogP contribution in [0.4, 0.5) is 0 Å². The normalized spacial score (nSPS) is 30.1. The number of carbonyl (C=O) groups excluding carboxylic acids is 2. The fourth-order valence-electron chi connectivity index (χ4n) is 2.22. The smallest absolute Gasteiger partial charge is 0.248 e. The molecule has 0 radical (unpaired) electrons. The number of hydrogen-bond acceptors (Lipinski definition) is 4. The summed E-state index contributed by atoms with van der Waals surface area (Å²) in [6.07, 6.45) is 1.71. The van der Waals surface area contributed by atoms with Crippen molar-refractivity contribution in [3.63, 3.8) is 0 Å². The molecule has 2 heterocycles. The summed E-state index contributed by atoms with van der Waals surface area (Å²) in [6.45, 7) is 3.50. The highest BCUT2D eigenvalue weighted by Gasteiger charge is 2.40. The standard InChI is InChI=1S/C11H16N2O4S/c1-11(2)10(15)13(5-3-9(14)12-11)8-4-6-18(16,17)7-8/h4,6,8H,3,5,7H2,1-2H3,(H,12,14). The maximum Gasteiger partial charge on any atom is 0.248 e. The van der Waals surface area contributed by atoms with E-state index in [0.29, 0.717) is 0 Å². The van der Waals surface area contributed by atoms with Crippen molar-refractivity contribution in [1.82, 2.24) is 10.2 Å². The molecule has 0 aromatic heterocycles. The fourth-order valence-corrected chi connectivity index (χ4v) is 3.52. The highest BCUT2D eigenvalue weighted by Crippen LogP contribution is 2.21. The zero-order valence-corrected chi connectivity index (χ0v) is 11.2. The van der Waals surface area contributed by atoms with Gasteiger partial charge in [0.25, 0.3) is 0 Å². The molecule has 0 aliphatic carbocycles. The van der Waals surface area contributed by atoms with Crippen LogP contribution in [0.1, 0.15) is 20.3 Å². The quantitative estimate of drug-likeness (QED) is 0.692. The van der Waals surface area contributed by atoms with Gasteiger partial charge >= 0.3 is 0 Å². The SMILES string of the molecule is CC1(C)NC(=O)CCN(C2C=CS(=O)(=O)C2)C1=O. The van der Waals surface area contributed by atoms with Gasteiger partial charge in [-0.3, -0.25) is 9.59 Å². The number of rotatable bonds is 1. The molecular weight excluding hydrogens is 256 g/mol. The summed E-state index contributed by atoms with van der Waals surface area (Å²) >= 11 is 0. The molecule has 1 atom stereocenters. The van der Waals surface area contributed by atoms with Crippen molar-refractivity contribution < 1.29 is 18.0 Å².